The third kappa shape index (κ3) is 4.65. The molecule has 2 atom stereocenters. The Hall–Kier alpha value is -2.98. The van der Waals surface area contributed by atoms with E-state index in [1.54, 1.807) is 30.1 Å². The molecule has 1 fully saturated rings. The van der Waals surface area contributed by atoms with Crippen molar-refractivity contribution in [2.24, 2.45) is 0 Å². The molecule has 0 radical (unpaired) electrons. The van der Waals surface area contributed by atoms with Crippen LogP contribution in [0.1, 0.15) is 22.7 Å². The number of thiophene rings is 1. The Balaban J connectivity index is 1.43. The molecule has 1 aliphatic heterocycles. The molecule has 0 amide bonds. The molecule has 0 spiro atoms. The normalized spacial score (nSPS) is 17.6. The third-order valence-corrected chi connectivity index (χ3v) is 8.01. The molecule has 6 nitrogen and oxygen atoms in total. The van der Waals surface area contributed by atoms with Gasteiger partial charge in [0.25, 0.3) is 5.69 Å². The molecule has 3 heterocycles. The minimum atomic E-state index is -0.397. The Morgan fingerprint density at radius 1 is 1.03 bits per heavy atom. The quantitative estimate of drug-likeness (QED) is 0.165. The lowest BCUT2D eigenvalue weighted by Gasteiger charge is -2.27. The molecule has 1 saturated heterocycles. The van der Waals surface area contributed by atoms with Crippen LogP contribution < -0.4 is 10.2 Å². The van der Waals surface area contributed by atoms with Crippen LogP contribution in [0.15, 0.2) is 94.9 Å². The van der Waals surface area contributed by atoms with Crippen LogP contribution in [0.3, 0.4) is 0 Å². The SMILES string of the molecule is O=[N+]([O-])c1ccc(Sc2ccc(N3C(=S)NC(c4ccccn4)C3c3ccc(Cl)s3)cc2)cc1. The topological polar surface area (TPSA) is 71.3 Å². The number of hydrogen-bond acceptors (Lipinski definition) is 6. The van der Waals surface area contributed by atoms with E-state index in [1.807, 2.05) is 54.6 Å². The molecular weight excluding hydrogens is 508 g/mol. The highest BCUT2D eigenvalue weighted by Gasteiger charge is 2.41. The van der Waals surface area contributed by atoms with Gasteiger partial charge in [0.2, 0.25) is 0 Å². The Morgan fingerprint density at radius 3 is 2.32 bits per heavy atom. The van der Waals surface area contributed by atoms with Gasteiger partial charge in [-0.3, -0.25) is 15.1 Å². The van der Waals surface area contributed by atoms with Crippen LogP contribution in [0.5, 0.6) is 0 Å². The van der Waals surface area contributed by atoms with Crippen molar-refractivity contribution in [1.29, 1.82) is 0 Å². The van der Waals surface area contributed by atoms with Gasteiger partial charge in [-0.25, -0.2) is 0 Å². The fraction of sp³-hybridized carbons (Fsp3) is 0.0833. The summed E-state index contributed by atoms with van der Waals surface area (Å²) in [6.45, 7) is 0. The third-order valence-electron chi connectivity index (χ3n) is 5.38. The summed E-state index contributed by atoms with van der Waals surface area (Å²) in [6, 6.07) is 24.2. The number of rotatable bonds is 6. The molecule has 34 heavy (non-hydrogen) atoms. The largest absolute Gasteiger partial charge is 0.351 e. The first-order chi connectivity index (χ1) is 16.5. The van der Waals surface area contributed by atoms with Gasteiger partial charge in [0.1, 0.15) is 0 Å². The molecule has 0 bridgehead atoms. The first-order valence-corrected chi connectivity index (χ1v) is 12.7. The van der Waals surface area contributed by atoms with Crippen LogP contribution in [0.2, 0.25) is 4.34 Å². The van der Waals surface area contributed by atoms with Crippen LogP contribution in [0.4, 0.5) is 11.4 Å². The summed E-state index contributed by atoms with van der Waals surface area (Å²) in [5, 5.41) is 14.9. The number of benzene rings is 2. The molecule has 2 aromatic heterocycles. The number of hydrogen-bond donors (Lipinski definition) is 1. The van der Waals surface area contributed by atoms with Crippen molar-refractivity contribution in [3.8, 4) is 0 Å². The fourth-order valence-electron chi connectivity index (χ4n) is 3.86. The Bertz CT molecular complexity index is 1330. The van der Waals surface area contributed by atoms with E-state index < -0.39 is 4.92 Å². The van der Waals surface area contributed by atoms with E-state index in [2.05, 4.69) is 15.2 Å². The van der Waals surface area contributed by atoms with Crippen LogP contribution in [0.25, 0.3) is 0 Å². The summed E-state index contributed by atoms with van der Waals surface area (Å²) in [6.07, 6.45) is 1.78. The molecule has 1 aliphatic rings. The lowest BCUT2D eigenvalue weighted by Crippen LogP contribution is -2.29. The first-order valence-electron chi connectivity index (χ1n) is 10.3. The van der Waals surface area contributed by atoms with Gasteiger partial charge >= 0.3 is 0 Å². The number of nitro benzene ring substituents is 1. The predicted octanol–water partition coefficient (Wildman–Crippen LogP) is 7.03. The molecule has 10 heteroatoms. The van der Waals surface area contributed by atoms with E-state index in [9.17, 15) is 10.1 Å². The summed E-state index contributed by atoms with van der Waals surface area (Å²) in [5.74, 6) is 0. The van der Waals surface area contributed by atoms with Gasteiger partial charge in [-0.2, -0.15) is 0 Å². The number of anilines is 1. The number of non-ortho nitro benzene ring substituents is 1. The van der Waals surface area contributed by atoms with Crippen molar-refractivity contribution in [2.75, 3.05) is 4.90 Å². The second-order valence-electron chi connectivity index (χ2n) is 7.49. The highest BCUT2D eigenvalue weighted by atomic mass is 35.5. The zero-order chi connectivity index (χ0) is 23.7. The highest BCUT2D eigenvalue weighted by molar-refractivity contribution is 7.99. The maximum absolute atomic E-state index is 10.9. The maximum Gasteiger partial charge on any atom is 0.269 e. The number of pyridine rings is 1. The van der Waals surface area contributed by atoms with E-state index in [4.69, 9.17) is 23.8 Å². The van der Waals surface area contributed by atoms with Crippen LogP contribution >= 0.6 is 46.9 Å². The van der Waals surface area contributed by atoms with Gasteiger partial charge in [-0.15, -0.1) is 11.3 Å². The molecule has 4 aromatic rings. The number of thiocarbonyl (C=S) groups is 1. The summed E-state index contributed by atoms with van der Waals surface area (Å²) < 4.78 is 0.724. The van der Waals surface area contributed by atoms with Crippen molar-refractivity contribution < 1.29 is 4.92 Å². The minimum absolute atomic E-state index is 0.0805. The molecule has 1 N–H and O–H groups in total. The Kier molecular flexibility index (Phi) is 6.51. The monoisotopic (exact) mass is 524 g/mol. The Morgan fingerprint density at radius 2 is 1.74 bits per heavy atom. The van der Waals surface area contributed by atoms with Crippen molar-refractivity contribution in [3.63, 3.8) is 0 Å². The van der Waals surface area contributed by atoms with E-state index in [1.165, 1.54) is 23.5 Å². The van der Waals surface area contributed by atoms with Gasteiger partial charge in [-0.05, 0) is 72.9 Å². The van der Waals surface area contributed by atoms with Gasteiger partial charge in [0.15, 0.2) is 5.11 Å². The van der Waals surface area contributed by atoms with Gasteiger partial charge in [0.05, 0.1) is 27.0 Å². The molecular formula is C24H17ClN4O2S3. The van der Waals surface area contributed by atoms with E-state index in [0.29, 0.717) is 5.11 Å². The van der Waals surface area contributed by atoms with Crippen molar-refractivity contribution in [1.82, 2.24) is 10.3 Å². The van der Waals surface area contributed by atoms with E-state index in [-0.39, 0.29) is 17.8 Å². The van der Waals surface area contributed by atoms with Gasteiger partial charge in [0, 0.05) is 38.7 Å². The zero-order valence-corrected chi connectivity index (χ0v) is 20.7. The molecule has 0 aliphatic carbocycles. The lowest BCUT2D eigenvalue weighted by atomic mass is 10.0. The standard InChI is InChI=1S/C24H17ClN4O2S3/c25-21-13-12-20(34-21)23-22(19-3-1-2-14-26-19)27-24(32)28(23)15-4-8-17(9-5-15)33-18-10-6-16(7-11-18)29(30)31/h1-14,22-23H,(H,27,32). The number of nitrogens with zero attached hydrogens (tertiary/aromatic N) is 3. The summed E-state index contributed by atoms with van der Waals surface area (Å²) in [5.41, 5.74) is 1.95. The van der Waals surface area contributed by atoms with Crippen molar-refractivity contribution >= 4 is 63.4 Å². The van der Waals surface area contributed by atoms with Crippen molar-refractivity contribution in [2.45, 2.75) is 21.9 Å². The second-order valence-corrected chi connectivity index (χ2v) is 10.8. The molecule has 2 aromatic carbocycles. The van der Waals surface area contributed by atoms with E-state index >= 15 is 0 Å². The minimum Gasteiger partial charge on any atom is -0.351 e. The van der Waals surface area contributed by atoms with Gasteiger partial charge in [-0.1, -0.05) is 29.4 Å². The van der Waals surface area contributed by atoms with Crippen LogP contribution in [-0.4, -0.2) is 15.0 Å². The number of nitro groups is 1. The molecule has 0 saturated carbocycles. The average Bonchev–Trinajstić information content (AvgIpc) is 3.43. The maximum atomic E-state index is 10.9. The molecule has 170 valence electrons. The summed E-state index contributed by atoms with van der Waals surface area (Å²) in [7, 11) is 0. The first kappa shape index (κ1) is 22.8. The number of aromatic nitrogens is 1. The average molecular weight is 525 g/mol. The molecule has 5 rings (SSSR count). The smallest absolute Gasteiger partial charge is 0.269 e. The highest BCUT2D eigenvalue weighted by Crippen LogP contribution is 2.44. The number of halogens is 1. The van der Waals surface area contributed by atoms with Gasteiger partial charge < -0.3 is 10.2 Å². The number of nitrogens with one attached hydrogen (secondary N) is 1. The lowest BCUT2D eigenvalue weighted by molar-refractivity contribution is -0.384. The van der Waals surface area contributed by atoms with Crippen molar-refractivity contribution in [3.05, 3.63) is 110 Å². The van der Waals surface area contributed by atoms with Crippen LogP contribution in [0, 0.1) is 10.1 Å². The fourth-order valence-corrected chi connectivity index (χ4v) is 6.21. The Labute approximate surface area is 214 Å². The molecule has 2 unspecified atom stereocenters. The second kappa shape index (κ2) is 9.71. The summed E-state index contributed by atoms with van der Waals surface area (Å²) >= 11 is 15.1. The van der Waals surface area contributed by atoms with E-state index in [0.717, 1.165) is 30.4 Å². The predicted molar refractivity (Wildman–Crippen MR) is 141 cm³/mol. The van der Waals surface area contributed by atoms with Crippen LogP contribution in [-0.2, 0) is 0 Å². The summed E-state index contributed by atoms with van der Waals surface area (Å²) in [4.78, 5) is 20.2. The zero-order valence-electron chi connectivity index (χ0n) is 17.5.